The molecule has 160 valence electrons. The number of hydrogen-bond donors (Lipinski definition) is 2. The second-order valence-corrected chi connectivity index (χ2v) is 10.6. The number of amides is 1. The molecular weight excluding hydrogens is 374 g/mol. The van der Waals surface area contributed by atoms with Gasteiger partial charge in [0.2, 0.25) is 5.91 Å². The van der Waals surface area contributed by atoms with Crippen LogP contribution in [0.25, 0.3) is 6.08 Å². The van der Waals surface area contributed by atoms with E-state index in [-0.39, 0.29) is 34.6 Å². The van der Waals surface area contributed by atoms with Crippen LogP contribution in [-0.4, -0.2) is 40.2 Å². The van der Waals surface area contributed by atoms with Gasteiger partial charge < -0.3 is 15.1 Å². The molecule has 0 bridgehead atoms. The van der Waals surface area contributed by atoms with Gasteiger partial charge >= 0.3 is 0 Å². The Morgan fingerprint density at radius 1 is 1.17 bits per heavy atom. The van der Waals surface area contributed by atoms with Crippen molar-refractivity contribution in [1.29, 1.82) is 0 Å². The summed E-state index contributed by atoms with van der Waals surface area (Å²) in [7, 11) is 1.93. The smallest absolute Gasteiger partial charge is 0.246 e. The third kappa shape index (κ3) is 2.72. The van der Waals surface area contributed by atoms with Crippen LogP contribution in [-0.2, 0) is 4.79 Å². The molecule has 2 N–H and O–H groups in total. The van der Waals surface area contributed by atoms with E-state index in [4.69, 9.17) is 0 Å². The molecule has 4 nitrogen and oxygen atoms in total. The Kier molecular flexibility index (Phi) is 4.45. The van der Waals surface area contributed by atoms with Gasteiger partial charge in [0.1, 0.15) is 5.75 Å². The zero-order valence-electron chi connectivity index (χ0n) is 18.2. The normalized spacial score (nSPS) is 44.0. The van der Waals surface area contributed by atoms with Crippen molar-refractivity contribution in [2.45, 2.75) is 58.1 Å². The predicted molar refractivity (Wildman–Crippen MR) is 118 cm³/mol. The van der Waals surface area contributed by atoms with Gasteiger partial charge in [0, 0.05) is 12.5 Å². The molecule has 3 fully saturated rings. The van der Waals surface area contributed by atoms with Crippen molar-refractivity contribution in [3.63, 3.8) is 0 Å². The highest BCUT2D eigenvalue weighted by Gasteiger charge is 2.61. The maximum Gasteiger partial charge on any atom is 0.246 e. The molecule has 5 rings (SSSR count). The summed E-state index contributed by atoms with van der Waals surface area (Å²) in [5.41, 5.74) is 2.16. The van der Waals surface area contributed by atoms with E-state index in [1.807, 2.05) is 24.1 Å². The van der Waals surface area contributed by atoms with E-state index in [1.54, 1.807) is 18.2 Å². The van der Waals surface area contributed by atoms with E-state index < -0.39 is 0 Å². The number of rotatable bonds is 1. The lowest BCUT2D eigenvalue weighted by molar-refractivity contribution is -0.135. The molecule has 1 amide bonds. The van der Waals surface area contributed by atoms with Crippen molar-refractivity contribution < 1.29 is 15.0 Å². The molecule has 0 unspecified atom stereocenters. The van der Waals surface area contributed by atoms with E-state index in [0.29, 0.717) is 17.8 Å². The number of aromatic hydroxyl groups is 1. The number of fused-ring (bicyclic) bond motifs is 5. The third-order valence-electron chi connectivity index (χ3n) is 9.14. The summed E-state index contributed by atoms with van der Waals surface area (Å²) in [6.45, 7) is 4.63. The maximum atomic E-state index is 12.6. The van der Waals surface area contributed by atoms with Gasteiger partial charge in [-0.05, 0) is 84.6 Å². The summed E-state index contributed by atoms with van der Waals surface area (Å²) < 4.78 is 0. The number of carbonyl (C=O) groups is 1. The van der Waals surface area contributed by atoms with Crippen molar-refractivity contribution in [1.82, 2.24) is 4.90 Å². The summed E-state index contributed by atoms with van der Waals surface area (Å²) in [5.74, 6) is 1.87. The van der Waals surface area contributed by atoms with Gasteiger partial charge in [-0.3, -0.25) is 4.79 Å². The summed E-state index contributed by atoms with van der Waals surface area (Å²) in [4.78, 5) is 14.5. The van der Waals surface area contributed by atoms with Crippen LogP contribution in [0.4, 0.5) is 0 Å². The highest BCUT2D eigenvalue weighted by Crippen LogP contribution is 2.64. The summed E-state index contributed by atoms with van der Waals surface area (Å²) in [6, 6.07) is 7.40. The molecule has 0 saturated heterocycles. The minimum atomic E-state index is -0.196. The Morgan fingerprint density at radius 3 is 2.73 bits per heavy atom. The van der Waals surface area contributed by atoms with Crippen LogP contribution < -0.4 is 0 Å². The lowest BCUT2D eigenvalue weighted by atomic mass is 9.47. The lowest BCUT2D eigenvalue weighted by Gasteiger charge is -2.60. The molecule has 0 spiro atoms. The van der Waals surface area contributed by atoms with Gasteiger partial charge in [-0.25, -0.2) is 0 Å². The Labute approximate surface area is 179 Å². The van der Waals surface area contributed by atoms with Crippen molar-refractivity contribution in [2.24, 2.45) is 28.6 Å². The van der Waals surface area contributed by atoms with Crippen LogP contribution in [0.1, 0.15) is 51.5 Å². The van der Waals surface area contributed by atoms with Crippen LogP contribution in [0.2, 0.25) is 0 Å². The molecule has 1 aliphatic heterocycles. The number of aliphatic hydroxyl groups is 1. The second-order valence-electron chi connectivity index (χ2n) is 10.6. The summed E-state index contributed by atoms with van der Waals surface area (Å²) in [6.07, 6.45) is 11.1. The van der Waals surface area contributed by atoms with E-state index >= 15 is 0 Å². The minimum absolute atomic E-state index is 0.0145. The molecule has 7 atom stereocenters. The number of likely N-dealkylation sites (N-methyl/N-ethyl adjacent to an activating group) is 1. The van der Waals surface area contributed by atoms with Crippen molar-refractivity contribution in [2.75, 3.05) is 7.05 Å². The van der Waals surface area contributed by atoms with E-state index in [1.165, 1.54) is 5.57 Å². The summed E-state index contributed by atoms with van der Waals surface area (Å²) >= 11 is 0. The van der Waals surface area contributed by atoms with Gasteiger partial charge in [0.05, 0.1) is 12.1 Å². The van der Waals surface area contributed by atoms with Crippen molar-refractivity contribution in [3.05, 3.63) is 47.6 Å². The molecule has 30 heavy (non-hydrogen) atoms. The zero-order chi connectivity index (χ0) is 21.3. The quantitative estimate of drug-likeness (QED) is 0.726. The Balaban J connectivity index is 1.62. The number of nitrogens with zero attached hydrogens (tertiary/aromatic N) is 1. The fourth-order valence-electron chi connectivity index (χ4n) is 7.65. The van der Waals surface area contributed by atoms with Crippen LogP contribution in [0, 0.1) is 28.6 Å². The second kappa shape index (κ2) is 6.71. The van der Waals surface area contributed by atoms with E-state index in [0.717, 1.165) is 37.7 Å². The Bertz CT molecular complexity index is 936. The summed E-state index contributed by atoms with van der Waals surface area (Å²) in [5, 5.41) is 20.7. The van der Waals surface area contributed by atoms with Gasteiger partial charge in [-0.15, -0.1) is 0 Å². The average Bonchev–Trinajstić information content (AvgIpc) is 3.00. The highest BCUT2D eigenvalue weighted by molar-refractivity contribution is 5.89. The van der Waals surface area contributed by atoms with Crippen molar-refractivity contribution in [3.8, 4) is 5.75 Å². The van der Waals surface area contributed by atoms with Gasteiger partial charge in [-0.1, -0.05) is 38.1 Å². The largest absolute Gasteiger partial charge is 0.508 e. The van der Waals surface area contributed by atoms with E-state index in [9.17, 15) is 15.0 Å². The van der Waals surface area contributed by atoms with Crippen LogP contribution >= 0.6 is 0 Å². The standard InChI is InChI=1S/C26H33NO3/c1-25-11-9-21-19(20(25)7-8-22(25)29)15-17(13-16-5-4-6-18(28)14-16)24-26(21,2)12-10-23(30)27(24)3/h4-6,10,12-14,19-22,24,28-29H,7-9,11,15H2,1-3H3/b17-13+/t19-,20-,21-,22-,24+,25-,26+/m0/s1. The highest BCUT2D eigenvalue weighted by atomic mass is 16.3. The number of hydrogen-bond acceptors (Lipinski definition) is 3. The first-order valence-electron chi connectivity index (χ1n) is 11.4. The molecule has 0 aromatic heterocycles. The first-order valence-corrected chi connectivity index (χ1v) is 11.4. The Morgan fingerprint density at radius 2 is 1.97 bits per heavy atom. The van der Waals surface area contributed by atoms with Crippen LogP contribution in [0.5, 0.6) is 5.75 Å². The predicted octanol–water partition coefficient (Wildman–Crippen LogP) is 4.39. The average molecular weight is 408 g/mol. The van der Waals surface area contributed by atoms with Crippen LogP contribution in [0.3, 0.4) is 0 Å². The van der Waals surface area contributed by atoms with Gasteiger partial charge in [-0.2, -0.15) is 0 Å². The van der Waals surface area contributed by atoms with Gasteiger partial charge in [0.15, 0.2) is 0 Å². The molecule has 1 aromatic rings. The molecule has 1 aromatic carbocycles. The van der Waals surface area contributed by atoms with E-state index in [2.05, 4.69) is 26.0 Å². The number of aliphatic hydroxyl groups excluding tert-OH is 1. The minimum Gasteiger partial charge on any atom is -0.508 e. The fraction of sp³-hybridized carbons (Fsp3) is 0.577. The first-order chi connectivity index (χ1) is 14.2. The number of benzene rings is 1. The maximum absolute atomic E-state index is 12.6. The molecule has 4 heteroatoms. The number of phenolic OH excluding ortho intramolecular Hbond substituents is 1. The molecule has 1 heterocycles. The Hall–Kier alpha value is -2.07. The molecule has 3 aliphatic carbocycles. The SMILES string of the molecule is CN1C(=O)C=C[C@]2(C)[C@H]3CC[C@]4(C)[C@@H](O)CC[C@H]4[C@@H]3C/C(=C\c3cccc(O)c3)[C@@H]12. The lowest BCUT2D eigenvalue weighted by Crippen LogP contribution is -2.60. The molecular formula is C26H33NO3. The fourth-order valence-corrected chi connectivity index (χ4v) is 7.65. The zero-order valence-corrected chi connectivity index (χ0v) is 18.2. The molecule has 4 aliphatic rings. The van der Waals surface area contributed by atoms with Crippen LogP contribution in [0.15, 0.2) is 42.0 Å². The number of carbonyl (C=O) groups excluding carboxylic acids is 1. The third-order valence-corrected chi connectivity index (χ3v) is 9.14. The molecule has 0 radical (unpaired) electrons. The van der Waals surface area contributed by atoms with Crippen molar-refractivity contribution >= 4 is 12.0 Å². The number of phenols is 1. The van der Waals surface area contributed by atoms with Gasteiger partial charge in [0.25, 0.3) is 0 Å². The topological polar surface area (TPSA) is 60.8 Å². The molecule has 3 saturated carbocycles. The monoisotopic (exact) mass is 407 g/mol. The first kappa shape index (κ1) is 19.9.